The number of aryl methyl sites for hydroxylation is 1. The zero-order valence-corrected chi connectivity index (χ0v) is 13.4. The first-order valence-corrected chi connectivity index (χ1v) is 7.62. The standard InChI is InChI=1S/C14H15BrN2OS/c1-8(2)13(18)17-14-16-12(9(3)19-14)10-4-6-11(15)7-5-10/h4-8H,1-3H3,(H,16,17,18). The Hall–Kier alpha value is -1.20. The number of carbonyl (C=O) groups is 1. The number of nitrogens with zero attached hydrogens (tertiary/aromatic N) is 1. The van der Waals surface area contributed by atoms with Gasteiger partial charge in [0.15, 0.2) is 5.13 Å². The molecule has 100 valence electrons. The summed E-state index contributed by atoms with van der Waals surface area (Å²) < 4.78 is 1.04. The topological polar surface area (TPSA) is 42.0 Å². The molecule has 0 fully saturated rings. The summed E-state index contributed by atoms with van der Waals surface area (Å²) in [6.07, 6.45) is 0. The molecule has 19 heavy (non-hydrogen) atoms. The molecule has 0 radical (unpaired) electrons. The third-order valence-electron chi connectivity index (χ3n) is 2.67. The van der Waals surface area contributed by atoms with Crippen molar-refractivity contribution in [2.45, 2.75) is 20.8 Å². The Balaban J connectivity index is 2.26. The summed E-state index contributed by atoms with van der Waals surface area (Å²) >= 11 is 4.92. The van der Waals surface area contributed by atoms with Crippen molar-refractivity contribution in [3.05, 3.63) is 33.6 Å². The molecule has 1 aromatic heterocycles. The van der Waals surface area contributed by atoms with Crippen molar-refractivity contribution >= 4 is 38.3 Å². The summed E-state index contributed by atoms with van der Waals surface area (Å²) in [5.74, 6) is -0.0450. The average Bonchev–Trinajstić information content (AvgIpc) is 2.71. The largest absolute Gasteiger partial charge is 0.302 e. The van der Waals surface area contributed by atoms with E-state index in [4.69, 9.17) is 0 Å². The first kappa shape index (κ1) is 14.2. The van der Waals surface area contributed by atoms with Gasteiger partial charge in [-0.15, -0.1) is 11.3 Å². The normalized spacial score (nSPS) is 10.8. The van der Waals surface area contributed by atoms with Crippen molar-refractivity contribution in [2.75, 3.05) is 5.32 Å². The minimum atomic E-state index is -0.0414. The third kappa shape index (κ3) is 3.42. The second kappa shape index (κ2) is 5.84. The number of nitrogens with one attached hydrogen (secondary N) is 1. The predicted octanol–water partition coefficient (Wildman–Crippen LogP) is 4.48. The Kier molecular flexibility index (Phi) is 4.37. The van der Waals surface area contributed by atoms with Gasteiger partial charge in [-0.2, -0.15) is 0 Å². The zero-order chi connectivity index (χ0) is 14.0. The number of hydrogen-bond donors (Lipinski definition) is 1. The number of anilines is 1. The molecule has 1 amide bonds. The van der Waals surface area contributed by atoms with Crippen LogP contribution >= 0.6 is 27.3 Å². The lowest BCUT2D eigenvalue weighted by atomic mass is 10.1. The minimum absolute atomic E-state index is 0.00361. The van der Waals surface area contributed by atoms with E-state index in [1.165, 1.54) is 11.3 Å². The summed E-state index contributed by atoms with van der Waals surface area (Å²) in [6, 6.07) is 8.00. The minimum Gasteiger partial charge on any atom is -0.302 e. The van der Waals surface area contributed by atoms with Crippen LogP contribution in [0.5, 0.6) is 0 Å². The second-order valence-electron chi connectivity index (χ2n) is 4.57. The van der Waals surface area contributed by atoms with Crippen LogP contribution in [0.4, 0.5) is 5.13 Å². The SMILES string of the molecule is Cc1sc(NC(=O)C(C)C)nc1-c1ccc(Br)cc1. The molecule has 0 aliphatic rings. The molecule has 1 heterocycles. The van der Waals surface area contributed by atoms with E-state index < -0.39 is 0 Å². The van der Waals surface area contributed by atoms with E-state index in [-0.39, 0.29) is 11.8 Å². The van der Waals surface area contributed by atoms with Gasteiger partial charge in [-0.1, -0.05) is 41.9 Å². The smallest absolute Gasteiger partial charge is 0.228 e. The van der Waals surface area contributed by atoms with E-state index in [1.54, 1.807) is 0 Å². The fourth-order valence-electron chi connectivity index (χ4n) is 1.58. The molecule has 1 aromatic carbocycles. The monoisotopic (exact) mass is 338 g/mol. The van der Waals surface area contributed by atoms with Crippen LogP contribution in [0.3, 0.4) is 0 Å². The van der Waals surface area contributed by atoms with E-state index in [0.717, 1.165) is 20.6 Å². The van der Waals surface area contributed by atoms with Crippen LogP contribution in [0, 0.1) is 12.8 Å². The van der Waals surface area contributed by atoms with Crippen molar-refractivity contribution in [3.8, 4) is 11.3 Å². The summed E-state index contributed by atoms with van der Waals surface area (Å²) in [5, 5.41) is 3.50. The van der Waals surface area contributed by atoms with Gasteiger partial charge in [-0.3, -0.25) is 4.79 Å². The van der Waals surface area contributed by atoms with Crippen molar-refractivity contribution < 1.29 is 4.79 Å². The Morgan fingerprint density at radius 1 is 1.32 bits per heavy atom. The van der Waals surface area contributed by atoms with Gasteiger partial charge in [-0.05, 0) is 19.1 Å². The molecule has 5 heteroatoms. The highest BCUT2D eigenvalue weighted by molar-refractivity contribution is 9.10. The Morgan fingerprint density at radius 2 is 1.95 bits per heavy atom. The van der Waals surface area contributed by atoms with Gasteiger partial charge in [-0.25, -0.2) is 4.98 Å². The molecular weight excluding hydrogens is 324 g/mol. The number of hydrogen-bond acceptors (Lipinski definition) is 3. The van der Waals surface area contributed by atoms with Gasteiger partial charge in [0.25, 0.3) is 0 Å². The summed E-state index contributed by atoms with van der Waals surface area (Å²) in [6.45, 7) is 5.75. The number of rotatable bonds is 3. The highest BCUT2D eigenvalue weighted by Gasteiger charge is 2.13. The summed E-state index contributed by atoms with van der Waals surface area (Å²) in [4.78, 5) is 17.3. The highest BCUT2D eigenvalue weighted by atomic mass is 79.9. The summed E-state index contributed by atoms with van der Waals surface area (Å²) in [5.41, 5.74) is 1.98. The molecule has 0 aliphatic heterocycles. The molecule has 2 rings (SSSR count). The second-order valence-corrected chi connectivity index (χ2v) is 6.69. The molecule has 1 N–H and O–H groups in total. The Morgan fingerprint density at radius 3 is 2.53 bits per heavy atom. The van der Waals surface area contributed by atoms with Crippen LogP contribution < -0.4 is 5.32 Å². The van der Waals surface area contributed by atoms with E-state index in [9.17, 15) is 4.79 Å². The zero-order valence-electron chi connectivity index (χ0n) is 11.0. The summed E-state index contributed by atoms with van der Waals surface area (Å²) in [7, 11) is 0. The molecule has 0 unspecified atom stereocenters. The Bertz CT molecular complexity index is 590. The third-order valence-corrected chi connectivity index (χ3v) is 4.08. The maximum atomic E-state index is 11.7. The number of amides is 1. The maximum Gasteiger partial charge on any atom is 0.228 e. The van der Waals surface area contributed by atoms with Gasteiger partial charge in [0.1, 0.15) is 0 Å². The van der Waals surface area contributed by atoms with E-state index in [2.05, 4.69) is 26.2 Å². The van der Waals surface area contributed by atoms with Crippen LogP contribution in [0.25, 0.3) is 11.3 Å². The maximum absolute atomic E-state index is 11.7. The van der Waals surface area contributed by atoms with Crippen molar-refractivity contribution in [1.29, 1.82) is 0 Å². The number of halogens is 1. The molecule has 0 aliphatic carbocycles. The lowest BCUT2D eigenvalue weighted by Crippen LogP contribution is -2.17. The first-order chi connectivity index (χ1) is 8.97. The average molecular weight is 339 g/mol. The van der Waals surface area contributed by atoms with Crippen LogP contribution in [0.15, 0.2) is 28.7 Å². The molecule has 3 nitrogen and oxygen atoms in total. The van der Waals surface area contributed by atoms with E-state index in [1.807, 2.05) is 45.0 Å². The fraction of sp³-hybridized carbons (Fsp3) is 0.286. The molecule has 0 saturated carbocycles. The molecule has 0 bridgehead atoms. The number of thiazole rings is 1. The molecule has 0 atom stereocenters. The number of benzene rings is 1. The van der Waals surface area contributed by atoms with Gasteiger partial charge < -0.3 is 5.32 Å². The Labute approximate surface area is 125 Å². The fourth-order valence-corrected chi connectivity index (χ4v) is 2.68. The van der Waals surface area contributed by atoms with Crippen LogP contribution in [0.2, 0.25) is 0 Å². The predicted molar refractivity (Wildman–Crippen MR) is 83.5 cm³/mol. The molecule has 0 saturated heterocycles. The van der Waals surface area contributed by atoms with Crippen molar-refractivity contribution in [2.24, 2.45) is 5.92 Å². The van der Waals surface area contributed by atoms with Crippen LogP contribution in [0.1, 0.15) is 18.7 Å². The van der Waals surface area contributed by atoms with Crippen LogP contribution in [-0.4, -0.2) is 10.9 Å². The quantitative estimate of drug-likeness (QED) is 0.896. The van der Waals surface area contributed by atoms with Crippen molar-refractivity contribution in [1.82, 2.24) is 4.98 Å². The lowest BCUT2D eigenvalue weighted by molar-refractivity contribution is -0.118. The van der Waals surface area contributed by atoms with Crippen molar-refractivity contribution in [3.63, 3.8) is 0 Å². The van der Waals surface area contributed by atoms with E-state index >= 15 is 0 Å². The highest BCUT2D eigenvalue weighted by Crippen LogP contribution is 2.31. The number of carbonyl (C=O) groups excluding carboxylic acids is 1. The van der Waals surface area contributed by atoms with Gasteiger partial charge >= 0.3 is 0 Å². The molecule has 2 aromatic rings. The molecule has 0 spiro atoms. The van der Waals surface area contributed by atoms with Gasteiger partial charge in [0, 0.05) is 20.8 Å². The first-order valence-electron chi connectivity index (χ1n) is 6.01. The van der Waals surface area contributed by atoms with Gasteiger partial charge in [0.05, 0.1) is 5.69 Å². The molecular formula is C14H15BrN2OS. The lowest BCUT2D eigenvalue weighted by Gasteiger charge is -2.03. The van der Waals surface area contributed by atoms with E-state index in [0.29, 0.717) is 5.13 Å². The number of aromatic nitrogens is 1. The van der Waals surface area contributed by atoms with Gasteiger partial charge in [0.2, 0.25) is 5.91 Å². The van der Waals surface area contributed by atoms with Crippen LogP contribution in [-0.2, 0) is 4.79 Å².